The van der Waals surface area contributed by atoms with Crippen LogP contribution < -0.4 is 11.1 Å². The summed E-state index contributed by atoms with van der Waals surface area (Å²) in [6, 6.07) is 7.88. The molecule has 1 aromatic carbocycles. The van der Waals surface area contributed by atoms with Crippen LogP contribution in [0.5, 0.6) is 0 Å². The molecule has 2 rings (SSSR count). The predicted octanol–water partition coefficient (Wildman–Crippen LogP) is 1.83. The van der Waals surface area contributed by atoms with Crippen molar-refractivity contribution in [2.45, 2.75) is 39.3 Å². The Morgan fingerprint density at radius 1 is 1.29 bits per heavy atom. The van der Waals surface area contributed by atoms with Crippen molar-refractivity contribution in [3.63, 3.8) is 0 Å². The van der Waals surface area contributed by atoms with E-state index in [0.717, 1.165) is 5.56 Å². The molecule has 0 spiro atoms. The first-order chi connectivity index (χ1) is 11.5. The molecule has 7 heteroatoms. The Balaban J connectivity index is 1.70. The molecule has 24 heavy (non-hydrogen) atoms. The Morgan fingerprint density at radius 3 is 2.54 bits per heavy atom. The summed E-state index contributed by atoms with van der Waals surface area (Å²) >= 11 is 0. The zero-order chi connectivity index (χ0) is 17.5. The monoisotopic (exact) mass is 332 g/mol. The molecule has 1 aromatic heterocycles. The fraction of sp³-hybridized carbons (Fsp3) is 0.471. The summed E-state index contributed by atoms with van der Waals surface area (Å²) in [5.41, 5.74) is 8.35. The van der Waals surface area contributed by atoms with E-state index in [0.29, 0.717) is 24.2 Å². The van der Waals surface area contributed by atoms with E-state index in [1.54, 1.807) is 6.92 Å². The molecule has 130 valence electrons. The molecule has 3 N–H and O–H groups in total. The fourth-order valence-corrected chi connectivity index (χ4v) is 2.15. The van der Waals surface area contributed by atoms with Gasteiger partial charge in [-0.2, -0.15) is 4.98 Å². The first-order valence-electron chi connectivity index (χ1n) is 7.94. The lowest BCUT2D eigenvalue weighted by Gasteiger charge is -2.14. The van der Waals surface area contributed by atoms with Crippen LogP contribution in [0, 0.1) is 6.92 Å². The van der Waals surface area contributed by atoms with Gasteiger partial charge in [-0.3, -0.25) is 4.79 Å². The summed E-state index contributed by atoms with van der Waals surface area (Å²) in [6.07, 6.45) is 0. The summed E-state index contributed by atoms with van der Waals surface area (Å²) in [4.78, 5) is 15.7. The molecule has 1 atom stereocenters. The normalized spacial score (nSPS) is 12.4. The second kappa shape index (κ2) is 8.56. The van der Waals surface area contributed by atoms with Gasteiger partial charge in [-0.1, -0.05) is 43.3 Å². The molecule has 0 saturated heterocycles. The lowest BCUT2D eigenvalue weighted by atomic mass is 9.99. The first-order valence-corrected chi connectivity index (χ1v) is 7.94. The predicted molar refractivity (Wildman–Crippen MR) is 89.2 cm³/mol. The molecule has 0 fully saturated rings. The van der Waals surface area contributed by atoms with Gasteiger partial charge in [-0.05, 0) is 24.0 Å². The van der Waals surface area contributed by atoms with Crippen molar-refractivity contribution >= 4 is 5.91 Å². The Labute approximate surface area is 141 Å². The number of carbonyl (C=O) groups excluding carboxylic acids is 1. The lowest BCUT2D eigenvalue weighted by molar-refractivity contribution is -0.126. The summed E-state index contributed by atoms with van der Waals surface area (Å²) in [6.45, 7) is 6.38. The average molecular weight is 332 g/mol. The van der Waals surface area contributed by atoms with Crippen LogP contribution in [0.25, 0.3) is 0 Å². The number of benzene rings is 1. The number of amides is 1. The van der Waals surface area contributed by atoms with Crippen LogP contribution in [0.4, 0.5) is 0 Å². The maximum absolute atomic E-state index is 11.8. The van der Waals surface area contributed by atoms with E-state index in [4.69, 9.17) is 15.0 Å². The Kier molecular flexibility index (Phi) is 6.45. The SMILES string of the molecule is Cc1noc(COCC(=O)NCC(N)c2ccc(C(C)C)cc2)n1. The molecule has 0 aliphatic heterocycles. The van der Waals surface area contributed by atoms with Gasteiger partial charge in [0.2, 0.25) is 5.91 Å². The number of hydrogen-bond donors (Lipinski definition) is 2. The average Bonchev–Trinajstić information content (AvgIpc) is 2.98. The summed E-state index contributed by atoms with van der Waals surface area (Å²) < 4.78 is 10.1. The van der Waals surface area contributed by atoms with E-state index in [2.05, 4.69) is 41.4 Å². The highest BCUT2D eigenvalue weighted by molar-refractivity contribution is 5.77. The van der Waals surface area contributed by atoms with Gasteiger partial charge in [0.1, 0.15) is 13.2 Å². The van der Waals surface area contributed by atoms with Crippen LogP contribution in [0.3, 0.4) is 0 Å². The van der Waals surface area contributed by atoms with Crippen molar-refractivity contribution in [2.75, 3.05) is 13.2 Å². The Bertz CT molecular complexity index is 652. The molecule has 0 saturated carbocycles. The van der Waals surface area contributed by atoms with E-state index in [-0.39, 0.29) is 25.2 Å². The first kappa shape index (κ1) is 18.1. The molecule has 1 amide bonds. The molecule has 1 heterocycles. The minimum atomic E-state index is -0.256. The van der Waals surface area contributed by atoms with Crippen molar-refractivity contribution in [3.05, 3.63) is 47.1 Å². The van der Waals surface area contributed by atoms with E-state index in [1.165, 1.54) is 5.56 Å². The van der Waals surface area contributed by atoms with Crippen LogP contribution >= 0.6 is 0 Å². The molecular weight excluding hydrogens is 308 g/mol. The third-order valence-corrected chi connectivity index (χ3v) is 3.58. The molecule has 1 unspecified atom stereocenters. The van der Waals surface area contributed by atoms with E-state index in [1.807, 2.05) is 12.1 Å². The van der Waals surface area contributed by atoms with E-state index >= 15 is 0 Å². The zero-order valence-electron chi connectivity index (χ0n) is 14.3. The van der Waals surface area contributed by atoms with Crippen molar-refractivity contribution in [1.29, 1.82) is 0 Å². The minimum Gasteiger partial charge on any atom is -0.362 e. The van der Waals surface area contributed by atoms with E-state index in [9.17, 15) is 4.79 Å². The number of nitrogens with one attached hydrogen (secondary N) is 1. The van der Waals surface area contributed by atoms with Crippen LogP contribution in [-0.4, -0.2) is 29.2 Å². The third kappa shape index (κ3) is 5.43. The quantitative estimate of drug-likeness (QED) is 0.764. The second-order valence-electron chi connectivity index (χ2n) is 5.96. The number of nitrogens with zero attached hydrogens (tertiary/aromatic N) is 2. The van der Waals surface area contributed by atoms with E-state index < -0.39 is 0 Å². The van der Waals surface area contributed by atoms with Gasteiger partial charge >= 0.3 is 0 Å². The van der Waals surface area contributed by atoms with Crippen molar-refractivity contribution < 1.29 is 14.1 Å². The Hall–Kier alpha value is -2.25. The summed E-state index contributed by atoms with van der Waals surface area (Å²) in [7, 11) is 0. The number of nitrogens with two attached hydrogens (primary N) is 1. The molecule has 2 aromatic rings. The third-order valence-electron chi connectivity index (χ3n) is 3.58. The van der Waals surface area contributed by atoms with Crippen molar-refractivity contribution in [3.8, 4) is 0 Å². The molecule has 0 bridgehead atoms. The van der Waals surface area contributed by atoms with Gasteiger partial charge < -0.3 is 20.3 Å². The number of ether oxygens (including phenoxy) is 1. The molecule has 0 aliphatic carbocycles. The largest absolute Gasteiger partial charge is 0.362 e. The van der Waals surface area contributed by atoms with Crippen molar-refractivity contribution in [2.24, 2.45) is 5.73 Å². The minimum absolute atomic E-state index is 0.0829. The Morgan fingerprint density at radius 2 is 1.96 bits per heavy atom. The topological polar surface area (TPSA) is 103 Å². The smallest absolute Gasteiger partial charge is 0.252 e. The van der Waals surface area contributed by atoms with Gasteiger partial charge in [0, 0.05) is 12.6 Å². The van der Waals surface area contributed by atoms with Crippen LogP contribution in [0.15, 0.2) is 28.8 Å². The van der Waals surface area contributed by atoms with Crippen molar-refractivity contribution in [1.82, 2.24) is 15.5 Å². The fourth-order valence-electron chi connectivity index (χ4n) is 2.15. The number of aromatic nitrogens is 2. The lowest BCUT2D eigenvalue weighted by Crippen LogP contribution is -2.34. The van der Waals surface area contributed by atoms with Crippen LogP contribution in [-0.2, 0) is 16.1 Å². The summed E-state index contributed by atoms with van der Waals surface area (Å²) in [5, 5.41) is 6.40. The maximum Gasteiger partial charge on any atom is 0.252 e. The molecule has 0 aliphatic rings. The number of rotatable bonds is 8. The molecule has 7 nitrogen and oxygen atoms in total. The van der Waals surface area contributed by atoms with Gasteiger partial charge in [0.15, 0.2) is 5.82 Å². The maximum atomic E-state index is 11.8. The molecular formula is C17H24N4O3. The zero-order valence-corrected chi connectivity index (χ0v) is 14.3. The van der Waals surface area contributed by atoms with Crippen LogP contribution in [0.1, 0.15) is 48.6 Å². The summed E-state index contributed by atoms with van der Waals surface area (Å²) in [5.74, 6) is 1.13. The van der Waals surface area contributed by atoms with Gasteiger partial charge in [-0.25, -0.2) is 0 Å². The second-order valence-corrected chi connectivity index (χ2v) is 5.96. The highest BCUT2D eigenvalue weighted by Crippen LogP contribution is 2.17. The standard InChI is InChI=1S/C17H24N4O3/c1-11(2)13-4-6-14(7-5-13)15(18)8-19-16(22)9-23-10-17-20-12(3)21-24-17/h4-7,11,15H,8-10,18H2,1-3H3,(H,19,22). The van der Waals surface area contributed by atoms with Gasteiger partial charge in [0.05, 0.1) is 0 Å². The highest BCUT2D eigenvalue weighted by atomic mass is 16.5. The number of aryl methyl sites for hydroxylation is 1. The highest BCUT2D eigenvalue weighted by Gasteiger charge is 2.10. The number of carbonyl (C=O) groups is 1. The number of hydrogen-bond acceptors (Lipinski definition) is 6. The van der Waals surface area contributed by atoms with Gasteiger partial charge in [0.25, 0.3) is 5.89 Å². The van der Waals surface area contributed by atoms with Gasteiger partial charge in [-0.15, -0.1) is 0 Å². The van der Waals surface area contributed by atoms with Crippen LogP contribution in [0.2, 0.25) is 0 Å². The molecule has 0 radical (unpaired) electrons.